The summed E-state index contributed by atoms with van der Waals surface area (Å²) < 4.78 is 5.18. The summed E-state index contributed by atoms with van der Waals surface area (Å²) in [5, 5.41) is 0. The van der Waals surface area contributed by atoms with Crippen molar-refractivity contribution in [3.63, 3.8) is 0 Å². The van der Waals surface area contributed by atoms with Crippen LogP contribution in [-0.2, 0) is 14.3 Å². The molecule has 0 aromatic rings. The average molecular weight is 396 g/mol. The maximum Gasteiger partial charge on any atom is 0.330 e. The Balaban J connectivity index is 4.34. The van der Waals surface area contributed by atoms with E-state index >= 15 is 0 Å². The average Bonchev–Trinajstić information content (AvgIpc) is 2.67. The van der Waals surface area contributed by atoms with E-state index in [9.17, 15) is 9.59 Å². The van der Waals surface area contributed by atoms with E-state index in [1.54, 1.807) is 0 Å². The van der Waals surface area contributed by atoms with Crippen LogP contribution in [-0.4, -0.2) is 36.5 Å². The minimum atomic E-state index is -0.414. The van der Waals surface area contributed by atoms with Gasteiger partial charge in [0.05, 0.1) is 6.61 Å². The molecule has 0 aliphatic rings. The van der Waals surface area contributed by atoms with Gasteiger partial charge in [-0.15, -0.1) is 0 Å². The second-order valence-electron chi connectivity index (χ2n) is 8.19. The second-order valence-corrected chi connectivity index (χ2v) is 8.19. The molecule has 0 heterocycles. The fourth-order valence-electron chi connectivity index (χ4n) is 3.10. The summed E-state index contributed by atoms with van der Waals surface area (Å²) in [5.41, 5.74) is 0. The van der Waals surface area contributed by atoms with Gasteiger partial charge in [0.2, 0.25) is 5.91 Å². The molecule has 164 valence electrons. The van der Waals surface area contributed by atoms with Crippen LogP contribution < -0.4 is 0 Å². The Morgan fingerprint density at radius 1 is 0.786 bits per heavy atom. The Hall–Kier alpha value is -1.32. The summed E-state index contributed by atoms with van der Waals surface area (Å²) in [6.07, 6.45) is 16.4. The number of nitrogens with zero attached hydrogens (tertiary/aromatic N) is 1. The van der Waals surface area contributed by atoms with Crippen LogP contribution >= 0.6 is 0 Å². The number of hydrogen-bond donors (Lipinski definition) is 0. The Labute approximate surface area is 174 Å². The number of esters is 1. The number of unbranched alkanes of at least 4 members (excludes halogenated alkanes) is 8. The molecule has 0 unspecified atom stereocenters. The number of carbonyl (C=O) groups is 2. The standard InChI is InChI=1S/C24H45NO3/c1-5-7-9-11-13-19-25(20-14-12-10-8-6-2)23(26)17-18-24(27)28-21-15-16-22(3)4/h17-18,22H,5-16,19-21H2,1-4H3/b18-17+. The zero-order valence-electron chi connectivity index (χ0n) is 19.0. The molecule has 0 aromatic heterocycles. The summed E-state index contributed by atoms with van der Waals surface area (Å²) in [4.78, 5) is 26.2. The van der Waals surface area contributed by atoms with Crippen molar-refractivity contribution >= 4 is 11.9 Å². The minimum Gasteiger partial charge on any atom is -0.463 e. The van der Waals surface area contributed by atoms with E-state index in [1.807, 2.05) is 4.90 Å². The van der Waals surface area contributed by atoms with Crippen molar-refractivity contribution in [2.45, 2.75) is 105 Å². The van der Waals surface area contributed by atoms with Gasteiger partial charge in [-0.05, 0) is 31.6 Å². The van der Waals surface area contributed by atoms with Crippen molar-refractivity contribution in [1.29, 1.82) is 0 Å². The normalized spacial score (nSPS) is 11.3. The van der Waals surface area contributed by atoms with Gasteiger partial charge in [-0.2, -0.15) is 0 Å². The molecule has 0 N–H and O–H groups in total. The Morgan fingerprint density at radius 3 is 1.82 bits per heavy atom. The molecule has 0 saturated heterocycles. The summed E-state index contributed by atoms with van der Waals surface area (Å²) >= 11 is 0. The van der Waals surface area contributed by atoms with Gasteiger partial charge in [-0.3, -0.25) is 4.79 Å². The van der Waals surface area contributed by atoms with Crippen LogP contribution in [0.5, 0.6) is 0 Å². The van der Waals surface area contributed by atoms with Gasteiger partial charge in [-0.25, -0.2) is 4.79 Å². The van der Waals surface area contributed by atoms with Gasteiger partial charge in [0.1, 0.15) is 0 Å². The first-order chi connectivity index (χ1) is 13.5. The summed E-state index contributed by atoms with van der Waals surface area (Å²) in [5.74, 6) is 0.132. The molecule has 0 fully saturated rings. The lowest BCUT2D eigenvalue weighted by Crippen LogP contribution is -2.31. The van der Waals surface area contributed by atoms with Crippen LogP contribution in [0.3, 0.4) is 0 Å². The predicted octanol–water partition coefficient (Wildman–Crippen LogP) is 6.29. The van der Waals surface area contributed by atoms with Gasteiger partial charge in [0, 0.05) is 25.2 Å². The number of hydrogen-bond acceptors (Lipinski definition) is 3. The predicted molar refractivity (Wildman–Crippen MR) is 118 cm³/mol. The zero-order chi connectivity index (χ0) is 21.0. The number of amides is 1. The highest BCUT2D eigenvalue weighted by atomic mass is 16.5. The molecular weight excluding hydrogens is 350 g/mol. The number of carbonyl (C=O) groups excluding carboxylic acids is 2. The molecule has 0 aromatic carbocycles. The number of rotatable bonds is 18. The van der Waals surface area contributed by atoms with Gasteiger partial charge in [0.25, 0.3) is 0 Å². The highest BCUT2D eigenvalue weighted by Gasteiger charge is 2.11. The molecule has 0 radical (unpaired) electrons. The van der Waals surface area contributed by atoms with Crippen LogP contribution in [0.25, 0.3) is 0 Å². The number of ether oxygens (including phenoxy) is 1. The molecule has 4 heteroatoms. The van der Waals surface area contributed by atoms with Crippen molar-refractivity contribution < 1.29 is 14.3 Å². The quantitative estimate of drug-likeness (QED) is 0.156. The zero-order valence-corrected chi connectivity index (χ0v) is 19.0. The van der Waals surface area contributed by atoms with E-state index in [-0.39, 0.29) is 5.91 Å². The maximum absolute atomic E-state index is 12.5. The molecule has 0 spiro atoms. The van der Waals surface area contributed by atoms with E-state index in [2.05, 4.69) is 27.7 Å². The van der Waals surface area contributed by atoms with Crippen molar-refractivity contribution in [1.82, 2.24) is 4.90 Å². The Kier molecular flexibility index (Phi) is 18.1. The Bertz CT molecular complexity index is 404. The summed E-state index contributed by atoms with van der Waals surface area (Å²) in [7, 11) is 0. The monoisotopic (exact) mass is 395 g/mol. The van der Waals surface area contributed by atoms with Gasteiger partial charge in [-0.1, -0.05) is 79.1 Å². The van der Waals surface area contributed by atoms with Crippen molar-refractivity contribution in [3.05, 3.63) is 12.2 Å². The van der Waals surface area contributed by atoms with Crippen molar-refractivity contribution in [2.75, 3.05) is 19.7 Å². The third-order valence-corrected chi connectivity index (χ3v) is 4.91. The third kappa shape index (κ3) is 16.8. The fraction of sp³-hybridized carbons (Fsp3) is 0.833. The molecule has 0 atom stereocenters. The van der Waals surface area contributed by atoms with E-state index < -0.39 is 5.97 Å². The molecule has 28 heavy (non-hydrogen) atoms. The minimum absolute atomic E-state index is 0.0647. The highest BCUT2D eigenvalue weighted by molar-refractivity contribution is 5.94. The van der Waals surface area contributed by atoms with Gasteiger partial charge < -0.3 is 9.64 Å². The summed E-state index contributed by atoms with van der Waals surface area (Å²) in [6.45, 7) is 10.7. The maximum atomic E-state index is 12.5. The lowest BCUT2D eigenvalue weighted by molar-refractivity contribution is -0.138. The van der Waals surface area contributed by atoms with E-state index in [1.165, 1.54) is 50.7 Å². The van der Waals surface area contributed by atoms with Crippen LogP contribution in [0, 0.1) is 5.92 Å². The first-order valence-corrected chi connectivity index (χ1v) is 11.6. The van der Waals surface area contributed by atoms with Crippen LogP contribution in [0.4, 0.5) is 0 Å². The molecule has 0 saturated carbocycles. The van der Waals surface area contributed by atoms with Crippen LogP contribution in [0.2, 0.25) is 0 Å². The first-order valence-electron chi connectivity index (χ1n) is 11.6. The van der Waals surface area contributed by atoms with Gasteiger partial charge >= 0.3 is 5.97 Å². The molecule has 0 aliphatic heterocycles. The first kappa shape index (κ1) is 26.7. The second kappa shape index (κ2) is 19.0. The lowest BCUT2D eigenvalue weighted by atomic mass is 10.1. The van der Waals surface area contributed by atoms with E-state index in [4.69, 9.17) is 4.74 Å². The van der Waals surface area contributed by atoms with E-state index in [0.717, 1.165) is 51.6 Å². The molecule has 4 nitrogen and oxygen atoms in total. The van der Waals surface area contributed by atoms with Gasteiger partial charge in [0.15, 0.2) is 0 Å². The highest BCUT2D eigenvalue weighted by Crippen LogP contribution is 2.08. The summed E-state index contributed by atoms with van der Waals surface area (Å²) in [6, 6.07) is 0. The molecule has 0 bridgehead atoms. The van der Waals surface area contributed by atoms with Crippen LogP contribution in [0.15, 0.2) is 12.2 Å². The van der Waals surface area contributed by atoms with Crippen molar-refractivity contribution in [2.24, 2.45) is 5.92 Å². The largest absolute Gasteiger partial charge is 0.463 e. The molecular formula is C24H45NO3. The Morgan fingerprint density at radius 2 is 1.32 bits per heavy atom. The third-order valence-electron chi connectivity index (χ3n) is 4.91. The molecule has 0 rings (SSSR count). The lowest BCUT2D eigenvalue weighted by Gasteiger charge is -2.21. The SMILES string of the molecule is CCCCCCCN(CCCCCCC)C(=O)/C=C/C(=O)OCCCC(C)C. The molecule has 0 aliphatic carbocycles. The van der Waals surface area contributed by atoms with Crippen LogP contribution in [0.1, 0.15) is 105 Å². The smallest absolute Gasteiger partial charge is 0.330 e. The topological polar surface area (TPSA) is 46.6 Å². The molecule has 1 amide bonds. The van der Waals surface area contributed by atoms with E-state index in [0.29, 0.717) is 12.5 Å². The van der Waals surface area contributed by atoms with Crippen molar-refractivity contribution in [3.8, 4) is 0 Å². The fourth-order valence-corrected chi connectivity index (χ4v) is 3.10.